The first-order valence-corrected chi connectivity index (χ1v) is 13.4. The Morgan fingerprint density at radius 2 is 1.71 bits per heavy atom. The second kappa shape index (κ2) is 12.2. The summed E-state index contributed by atoms with van der Waals surface area (Å²) in [6.07, 6.45) is 2.31. The number of sulfonamides is 1. The van der Waals surface area contributed by atoms with Crippen molar-refractivity contribution in [2.45, 2.75) is 35.1 Å². The van der Waals surface area contributed by atoms with Gasteiger partial charge in [0.1, 0.15) is 5.54 Å². The molecule has 0 unspecified atom stereocenters. The molecule has 10 heteroatoms. The smallest absolute Gasteiger partial charge is 0.245 e. The number of hydrogen-bond acceptors (Lipinski definition) is 6. The summed E-state index contributed by atoms with van der Waals surface area (Å²) < 4.78 is 27.3. The molecule has 0 saturated carbocycles. The summed E-state index contributed by atoms with van der Waals surface area (Å²) in [6.45, 7) is 3.21. The lowest BCUT2D eigenvalue weighted by molar-refractivity contribution is -0.133. The molecule has 1 aliphatic rings. The van der Waals surface area contributed by atoms with E-state index in [1.807, 2.05) is 37.3 Å². The normalized spacial score (nSPS) is 15.7. The van der Waals surface area contributed by atoms with Crippen LogP contribution in [-0.4, -0.2) is 52.0 Å². The van der Waals surface area contributed by atoms with E-state index in [-0.39, 0.29) is 29.8 Å². The lowest BCUT2D eigenvalue weighted by atomic mass is 9.87. The van der Waals surface area contributed by atoms with Crippen molar-refractivity contribution in [3.8, 4) is 0 Å². The molecule has 0 spiro atoms. The van der Waals surface area contributed by atoms with Gasteiger partial charge in [-0.05, 0) is 62.5 Å². The molecular formula is C24H30N4O4S2. The monoisotopic (exact) mass is 502 g/mol. The van der Waals surface area contributed by atoms with E-state index in [0.717, 1.165) is 10.5 Å². The average Bonchev–Trinajstić information content (AvgIpc) is 2.83. The van der Waals surface area contributed by atoms with Crippen LogP contribution >= 0.6 is 11.8 Å². The Bertz CT molecular complexity index is 1100. The summed E-state index contributed by atoms with van der Waals surface area (Å²) >= 11 is 1.42. The summed E-state index contributed by atoms with van der Waals surface area (Å²) in [7, 11) is -3.66. The van der Waals surface area contributed by atoms with Gasteiger partial charge in [-0.25, -0.2) is 13.1 Å². The molecule has 2 aromatic rings. The number of carbonyl (C=O) groups is 2. The van der Waals surface area contributed by atoms with Crippen LogP contribution in [0.2, 0.25) is 0 Å². The molecule has 1 aliphatic heterocycles. The van der Waals surface area contributed by atoms with Gasteiger partial charge in [-0.3, -0.25) is 9.59 Å². The molecular weight excluding hydrogens is 472 g/mol. The number of hydrogen-bond donors (Lipinski definition) is 4. The number of amides is 2. The Labute approximate surface area is 205 Å². The fourth-order valence-corrected chi connectivity index (χ4v) is 5.24. The predicted octanol–water partition coefficient (Wildman–Crippen LogP) is 1.93. The standard InChI is InChI=1S/C24H30N4O4S2/c1-19-7-9-21(10-8-19)34(31,32)27-17-16-26-23(30)24(12-14-25-15-13-24)28-22(29)11-18-33-20-5-3-2-4-6-20/h2-11,18,25,27H,12-17H2,1H3,(H,26,30)(H,28,29). The van der Waals surface area contributed by atoms with Crippen LogP contribution in [0.15, 0.2) is 75.9 Å². The van der Waals surface area contributed by atoms with Crippen LogP contribution in [0.25, 0.3) is 0 Å². The van der Waals surface area contributed by atoms with E-state index < -0.39 is 15.6 Å². The van der Waals surface area contributed by atoms with Gasteiger partial charge in [0.25, 0.3) is 0 Å². The summed E-state index contributed by atoms with van der Waals surface area (Å²) in [5.41, 5.74) is -0.0750. The Kier molecular flexibility index (Phi) is 9.28. The Hall–Kier alpha value is -2.66. The number of thioether (sulfide) groups is 1. The molecule has 182 valence electrons. The van der Waals surface area contributed by atoms with E-state index in [1.165, 1.54) is 17.8 Å². The fourth-order valence-electron chi connectivity index (χ4n) is 3.54. The zero-order valence-electron chi connectivity index (χ0n) is 19.0. The average molecular weight is 503 g/mol. The summed E-state index contributed by atoms with van der Waals surface area (Å²) in [5.74, 6) is -0.665. The quantitative estimate of drug-likeness (QED) is 0.224. The van der Waals surface area contributed by atoms with E-state index in [9.17, 15) is 18.0 Å². The second-order valence-corrected chi connectivity index (χ2v) is 10.8. The third kappa shape index (κ3) is 7.42. The molecule has 0 radical (unpaired) electrons. The minimum absolute atomic E-state index is 0.0395. The van der Waals surface area contributed by atoms with E-state index in [0.29, 0.717) is 25.9 Å². The lowest BCUT2D eigenvalue weighted by Crippen LogP contribution is -2.63. The van der Waals surface area contributed by atoms with Gasteiger partial charge in [0.15, 0.2) is 0 Å². The molecule has 8 nitrogen and oxygen atoms in total. The minimum atomic E-state index is -3.66. The van der Waals surface area contributed by atoms with Crippen molar-refractivity contribution < 1.29 is 18.0 Å². The van der Waals surface area contributed by atoms with Crippen molar-refractivity contribution in [2.24, 2.45) is 0 Å². The Morgan fingerprint density at radius 1 is 1.03 bits per heavy atom. The zero-order chi connectivity index (χ0) is 24.4. The molecule has 2 amide bonds. The highest BCUT2D eigenvalue weighted by atomic mass is 32.2. The number of benzene rings is 2. The molecule has 2 aromatic carbocycles. The number of piperidine rings is 1. The molecule has 4 N–H and O–H groups in total. The minimum Gasteiger partial charge on any atom is -0.353 e. The molecule has 0 bridgehead atoms. The largest absolute Gasteiger partial charge is 0.353 e. The van der Waals surface area contributed by atoms with Crippen molar-refractivity contribution in [3.63, 3.8) is 0 Å². The van der Waals surface area contributed by atoms with E-state index in [2.05, 4.69) is 20.7 Å². The van der Waals surface area contributed by atoms with Gasteiger partial charge in [-0.15, -0.1) is 0 Å². The zero-order valence-corrected chi connectivity index (χ0v) is 20.7. The predicted molar refractivity (Wildman–Crippen MR) is 134 cm³/mol. The topological polar surface area (TPSA) is 116 Å². The highest BCUT2D eigenvalue weighted by Gasteiger charge is 2.40. The van der Waals surface area contributed by atoms with Crippen molar-refractivity contribution in [1.29, 1.82) is 0 Å². The van der Waals surface area contributed by atoms with Crippen LogP contribution in [0.5, 0.6) is 0 Å². The number of rotatable bonds is 10. The van der Waals surface area contributed by atoms with Gasteiger partial charge in [0.2, 0.25) is 21.8 Å². The molecule has 1 heterocycles. The van der Waals surface area contributed by atoms with Crippen molar-refractivity contribution in [1.82, 2.24) is 20.7 Å². The first kappa shape index (κ1) is 26.0. The third-order valence-electron chi connectivity index (χ3n) is 5.45. The van der Waals surface area contributed by atoms with Gasteiger partial charge >= 0.3 is 0 Å². The summed E-state index contributed by atoms with van der Waals surface area (Å²) in [4.78, 5) is 26.8. The Balaban J connectivity index is 1.53. The maximum Gasteiger partial charge on any atom is 0.245 e. The SMILES string of the molecule is Cc1ccc(S(=O)(=O)NCCNC(=O)C2(NC(=O)C=CSc3ccccc3)CCNCC2)cc1. The third-order valence-corrected chi connectivity index (χ3v) is 7.75. The van der Waals surface area contributed by atoms with Crippen molar-refractivity contribution in [2.75, 3.05) is 26.2 Å². The fraction of sp³-hybridized carbons (Fsp3) is 0.333. The van der Waals surface area contributed by atoms with Crippen LogP contribution in [0.1, 0.15) is 18.4 Å². The van der Waals surface area contributed by atoms with E-state index >= 15 is 0 Å². The first-order chi connectivity index (χ1) is 16.3. The first-order valence-electron chi connectivity index (χ1n) is 11.1. The van der Waals surface area contributed by atoms with Crippen LogP contribution in [0.4, 0.5) is 0 Å². The van der Waals surface area contributed by atoms with Crippen LogP contribution in [0, 0.1) is 6.92 Å². The number of carbonyl (C=O) groups excluding carboxylic acids is 2. The number of nitrogens with one attached hydrogen (secondary N) is 4. The molecule has 34 heavy (non-hydrogen) atoms. The van der Waals surface area contributed by atoms with Crippen molar-refractivity contribution >= 4 is 33.6 Å². The van der Waals surface area contributed by atoms with Crippen LogP contribution in [0.3, 0.4) is 0 Å². The summed E-state index contributed by atoms with van der Waals surface area (Å²) in [6, 6.07) is 16.2. The summed E-state index contributed by atoms with van der Waals surface area (Å²) in [5, 5.41) is 10.5. The molecule has 1 saturated heterocycles. The van der Waals surface area contributed by atoms with Gasteiger partial charge in [-0.2, -0.15) is 0 Å². The van der Waals surface area contributed by atoms with Gasteiger partial charge in [-0.1, -0.05) is 47.7 Å². The lowest BCUT2D eigenvalue weighted by Gasteiger charge is -2.36. The van der Waals surface area contributed by atoms with E-state index in [4.69, 9.17) is 0 Å². The van der Waals surface area contributed by atoms with Gasteiger partial charge < -0.3 is 16.0 Å². The highest BCUT2D eigenvalue weighted by Crippen LogP contribution is 2.20. The Morgan fingerprint density at radius 3 is 2.38 bits per heavy atom. The number of aryl methyl sites for hydroxylation is 1. The maximum atomic E-state index is 13.0. The molecule has 0 aromatic heterocycles. The highest BCUT2D eigenvalue weighted by molar-refractivity contribution is 8.02. The second-order valence-electron chi connectivity index (χ2n) is 8.02. The van der Waals surface area contributed by atoms with Crippen molar-refractivity contribution in [3.05, 3.63) is 71.6 Å². The molecule has 3 rings (SSSR count). The van der Waals surface area contributed by atoms with Crippen LogP contribution in [-0.2, 0) is 19.6 Å². The maximum absolute atomic E-state index is 13.0. The van der Waals surface area contributed by atoms with Gasteiger partial charge in [0.05, 0.1) is 4.90 Å². The molecule has 1 fully saturated rings. The molecule has 0 atom stereocenters. The van der Waals surface area contributed by atoms with Crippen LogP contribution < -0.4 is 20.7 Å². The van der Waals surface area contributed by atoms with Gasteiger partial charge in [0, 0.05) is 24.1 Å². The molecule has 0 aliphatic carbocycles. The van der Waals surface area contributed by atoms with E-state index in [1.54, 1.807) is 29.7 Å².